The molecule has 0 spiro atoms. The smallest absolute Gasteiger partial charge is 0.407 e. The van der Waals surface area contributed by atoms with E-state index in [2.05, 4.69) is 29.6 Å². The van der Waals surface area contributed by atoms with Crippen molar-refractivity contribution in [2.45, 2.75) is 19.8 Å². The molecule has 1 aliphatic rings. The summed E-state index contributed by atoms with van der Waals surface area (Å²) in [4.78, 5) is 23.4. The van der Waals surface area contributed by atoms with Crippen molar-refractivity contribution in [3.63, 3.8) is 0 Å². The predicted octanol–water partition coefficient (Wildman–Crippen LogP) is 3.75. The van der Waals surface area contributed by atoms with Gasteiger partial charge in [0.15, 0.2) is 5.78 Å². The van der Waals surface area contributed by atoms with Crippen molar-refractivity contribution in [1.29, 1.82) is 0 Å². The van der Waals surface area contributed by atoms with Crippen LogP contribution in [0.5, 0.6) is 0 Å². The molecule has 0 fully saturated rings. The zero-order valence-corrected chi connectivity index (χ0v) is 13.9. The Kier molecular flexibility index (Phi) is 4.65. The molecule has 0 radical (unpaired) electrons. The maximum atomic E-state index is 11.9. The molecule has 0 atom stereocenters. The zero-order chi connectivity index (χ0) is 17.1. The molecular formula is C20H21NO3. The second kappa shape index (κ2) is 6.87. The van der Waals surface area contributed by atoms with Crippen molar-refractivity contribution in [3.8, 4) is 11.1 Å². The predicted molar refractivity (Wildman–Crippen MR) is 92.9 cm³/mol. The highest BCUT2D eigenvalue weighted by molar-refractivity contribution is 5.85. The number of nitrogens with one attached hydrogen (secondary N) is 1. The fourth-order valence-electron chi connectivity index (χ4n) is 3.01. The fourth-order valence-corrected chi connectivity index (χ4v) is 3.01. The Balaban J connectivity index is 1.67. The number of carbonyl (C=O) groups excluding carboxylic acids is 2. The number of ketones is 1. The summed E-state index contributed by atoms with van der Waals surface area (Å²) in [6, 6.07) is 16.4. The van der Waals surface area contributed by atoms with Crippen LogP contribution in [0.2, 0.25) is 0 Å². The lowest BCUT2D eigenvalue weighted by Gasteiger charge is -2.14. The lowest BCUT2D eigenvalue weighted by Crippen LogP contribution is -2.32. The molecule has 24 heavy (non-hydrogen) atoms. The highest BCUT2D eigenvalue weighted by Gasteiger charge is 2.28. The minimum atomic E-state index is -0.550. The normalized spacial score (nSPS) is 12.6. The molecule has 2 aromatic rings. The SMILES string of the molecule is CC(C)C(=O)CNC(=O)OCC1c2ccccc2-c2ccccc21. The number of hydrogen-bond donors (Lipinski definition) is 1. The average Bonchev–Trinajstić information content (AvgIpc) is 2.92. The lowest BCUT2D eigenvalue weighted by atomic mass is 9.98. The summed E-state index contributed by atoms with van der Waals surface area (Å²) in [7, 11) is 0. The van der Waals surface area contributed by atoms with Gasteiger partial charge >= 0.3 is 6.09 Å². The van der Waals surface area contributed by atoms with Crippen molar-refractivity contribution in [1.82, 2.24) is 5.32 Å². The molecule has 0 aliphatic heterocycles. The monoisotopic (exact) mass is 323 g/mol. The minimum absolute atomic E-state index is 0.00827. The number of benzene rings is 2. The summed E-state index contributed by atoms with van der Waals surface area (Å²) >= 11 is 0. The van der Waals surface area contributed by atoms with Crippen LogP contribution in [0.25, 0.3) is 11.1 Å². The second-order valence-corrected chi connectivity index (χ2v) is 6.30. The standard InChI is InChI=1S/C20H21NO3/c1-13(2)19(22)11-21-20(23)24-12-18-16-9-5-3-7-14(16)15-8-4-6-10-17(15)18/h3-10,13,18H,11-12H2,1-2H3,(H,21,23). The molecule has 1 aliphatic carbocycles. The lowest BCUT2D eigenvalue weighted by molar-refractivity contribution is -0.120. The van der Waals surface area contributed by atoms with E-state index in [1.54, 1.807) is 0 Å². The van der Waals surface area contributed by atoms with Crippen molar-refractivity contribution in [2.75, 3.05) is 13.2 Å². The molecule has 4 nitrogen and oxygen atoms in total. The quantitative estimate of drug-likeness (QED) is 0.911. The van der Waals surface area contributed by atoms with Crippen LogP contribution < -0.4 is 5.32 Å². The van der Waals surface area contributed by atoms with Gasteiger partial charge in [-0.15, -0.1) is 0 Å². The molecule has 0 saturated heterocycles. The molecule has 0 aromatic heterocycles. The zero-order valence-electron chi connectivity index (χ0n) is 13.9. The first kappa shape index (κ1) is 16.2. The Hall–Kier alpha value is -2.62. The van der Waals surface area contributed by atoms with Gasteiger partial charge in [0.2, 0.25) is 0 Å². The van der Waals surface area contributed by atoms with Crippen LogP contribution in [0.15, 0.2) is 48.5 Å². The van der Waals surface area contributed by atoms with Gasteiger partial charge in [0.05, 0.1) is 6.54 Å². The summed E-state index contributed by atoms with van der Waals surface area (Å²) in [5, 5.41) is 2.52. The summed E-state index contributed by atoms with van der Waals surface area (Å²) in [5.41, 5.74) is 4.73. The molecule has 2 aromatic carbocycles. The van der Waals surface area contributed by atoms with Gasteiger partial charge in [-0.1, -0.05) is 62.4 Å². The molecular weight excluding hydrogens is 302 g/mol. The maximum absolute atomic E-state index is 11.9. The molecule has 124 valence electrons. The van der Waals surface area contributed by atoms with Gasteiger partial charge in [-0.05, 0) is 22.3 Å². The fraction of sp³-hybridized carbons (Fsp3) is 0.300. The van der Waals surface area contributed by atoms with E-state index < -0.39 is 6.09 Å². The van der Waals surface area contributed by atoms with Crippen LogP contribution in [-0.4, -0.2) is 25.0 Å². The average molecular weight is 323 g/mol. The number of hydrogen-bond acceptors (Lipinski definition) is 3. The van der Waals surface area contributed by atoms with Gasteiger partial charge in [0.25, 0.3) is 0 Å². The number of Topliss-reactive ketones (excluding diaryl/α,β-unsaturated/α-hetero) is 1. The summed E-state index contributed by atoms with van der Waals surface area (Å²) in [6.07, 6.45) is -0.550. The van der Waals surface area contributed by atoms with Gasteiger partial charge in [-0.3, -0.25) is 4.79 Å². The van der Waals surface area contributed by atoms with E-state index in [0.29, 0.717) is 0 Å². The van der Waals surface area contributed by atoms with E-state index in [1.165, 1.54) is 22.3 Å². The Morgan fingerprint density at radius 2 is 1.54 bits per heavy atom. The van der Waals surface area contributed by atoms with Gasteiger partial charge in [0, 0.05) is 11.8 Å². The third-order valence-electron chi connectivity index (χ3n) is 4.39. The first-order valence-corrected chi connectivity index (χ1v) is 8.19. The minimum Gasteiger partial charge on any atom is -0.449 e. The Morgan fingerprint density at radius 1 is 1.00 bits per heavy atom. The van der Waals surface area contributed by atoms with E-state index in [9.17, 15) is 9.59 Å². The van der Waals surface area contributed by atoms with E-state index in [4.69, 9.17) is 4.74 Å². The molecule has 1 N–H and O–H groups in total. The molecule has 0 unspecified atom stereocenters. The highest BCUT2D eigenvalue weighted by atomic mass is 16.5. The van der Waals surface area contributed by atoms with Crippen molar-refractivity contribution < 1.29 is 14.3 Å². The number of ether oxygens (including phenoxy) is 1. The summed E-state index contributed by atoms with van der Waals surface area (Å²) in [6.45, 7) is 3.88. The molecule has 0 bridgehead atoms. The molecule has 4 heteroatoms. The first-order valence-electron chi connectivity index (χ1n) is 8.19. The first-order chi connectivity index (χ1) is 11.6. The maximum Gasteiger partial charge on any atom is 0.407 e. The van der Waals surface area contributed by atoms with Gasteiger partial charge < -0.3 is 10.1 Å². The van der Waals surface area contributed by atoms with Crippen molar-refractivity contribution in [3.05, 3.63) is 59.7 Å². The van der Waals surface area contributed by atoms with Crippen LogP contribution in [0.4, 0.5) is 4.79 Å². The van der Waals surface area contributed by atoms with Crippen LogP contribution in [0.3, 0.4) is 0 Å². The van der Waals surface area contributed by atoms with Crippen molar-refractivity contribution in [2.24, 2.45) is 5.92 Å². The van der Waals surface area contributed by atoms with E-state index in [-0.39, 0.29) is 30.8 Å². The van der Waals surface area contributed by atoms with Gasteiger partial charge in [0.1, 0.15) is 6.61 Å². The molecule has 3 rings (SSSR count). The summed E-state index contributed by atoms with van der Waals surface area (Å²) < 4.78 is 5.37. The third-order valence-corrected chi connectivity index (χ3v) is 4.39. The Labute approximate surface area is 141 Å². The van der Waals surface area contributed by atoms with Gasteiger partial charge in [-0.25, -0.2) is 4.79 Å². The largest absolute Gasteiger partial charge is 0.449 e. The number of alkyl carbamates (subject to hydrolysis) is 1. The number of carbonyl (C=O) groups is 2. The van der Waals surface area contributed by atoms with Crippen molar-refractivity contribution >= 4 is 11.9 Å². The van der Waals surface area contributed by atoms with E-state index >= 15 is 0 Å². The Bertz CT molecular complexity index is 721. The topological polar surface area (TPSA) is 55.4 Å². The van der Waals surface area contributed by atoms with Crippen LogP contribution in [-0.2, 0) is 9.53 Å². The third kappa shape index (κ3) is 3.18. The number of rotatable bonds is 5. The highest BCUT2D eigenvalue weighted by Crippen LogP contribution is 2.44. The number of amides is 1. The van der Waals surface area contributed by atoms with Crippen LogP contribution in [0, 0.1) is 5.92 Å². The van der Waals surface area contributed by atoms with E-state index in [1.807, 2.05) is 38.1 Å². The second-order valence-electron chi connectivity index (χ2n) is 6.30. The van der Waals surface area contributed by atoms with Crippen LogP contribution >= 0.6 is 0 Å². The molecule has 0 heterocycles. The summed E-state index contributed by atoms with van der Waals surface area (Å²) in [5.74, 6) is -0.0775. The molecule has 0 saturated carbocycles. The van der Waals surface area contributed by atoms with Crippen LogP contribution in [0.1, 0.15) is 30.9 Å². The number of fused-ring (bicyclic) bond motifs is 3. The van der Waals surface area contributed by atoms with E-state index in [0.717, 1.165) is 0 Å². The Morgan fingerprint density at radius 3 is 2.08 bits per heavy atom. The van der Waals surface area contributed by atoms with Gasteiger partial charge in [-0.2, -0.15) is 0 Å². The molecule has 1 amide bonds.